The van der Waals surface area contributed by atoms with E-state index in [0.29, 0.717) is 0 Å². The summed E-state index contributed by atoms with van der Waals surface area (Å²) >= 11 is 1.46. The van der Waals surface area contributed by atoms with E-state index in [1.54, 1.807) is 6.20 Å². The summed E-state index contributed by atoms with van der Waals surface area (Å²) in [5.74, 6) is 0. The highest BCUT2D eigenvalue weighted by molar-refractivity contribution is 7.05. The zero-order valence-corrected chi connectivity index (χ0v) is 10.2. The molecule has 0 saturated heterocycles. The Kier molecular flexibility index (Phi) is 3.58. The lowest BCUT2D eigenvalue weighted by atomic mass is 10.1. The van der Waals surface area contributed by atoms with Crippen molar-refractivity contribution in [2.75, 3.05) is 7.05 Å². The van der Waals surface area contributed by atoms with E-state index in [9.17, 15) is 0 Å². The van der Waals surface area contributed by atoms with Crippen molar-refractivity contribution in [3.05, 3.63) is 40.7 Å². The lowest BCUT2D eigenvalue weighted by Crippen LogP contribution is -2.18. The largest absolute Gasteiger partial charge is 0.312 e. The summed E-state index contributed by atoms with van der Waals surface area (Å²) in [6.45, 7) is 1.99. The molecule has 0 aromatic carbocycles. The predicted molar refractivity (Wildman–Crippen MR) is 64.4 cm³/mol. The van der Waals surface area contributed by atoms with Gasteiger partial charge in [0.15, 0.2) is 0 Å². The van der Waals surface area contributed by atoms with Crippen LogP contribution < -0.4 is 5.32 Å². The molecule has 1 N–H and O–H groups in total. The van der Waals surface area contributed by atoms with Crippen molar-refractivity contribution in [2.24, 2.45) is 0 Å². The second kappa shape index (κ2) is 5.14. The summed E-state index contributed by atoms with van der Waals surface area (Å²) < 4.78 is 3.97. The van der Waals surface area contributed by atoms with Gasteiger partial charge < -0.3 is 5.32 Å². The number of hydrogen-bond donors (Lipinski definition) is 1. The first kappa shape index (κ1) is 11.2. The second-order valence-corrected chi connectivity index (χ2v) is 4.41. The molecule has 5 heteroatoms. The number of rotatable bonds is 4. The van der Waals surface area contributed by atoms with Gasteiger partial charge in [0.05, 0.1) is 10.6 Å². The van der Waals surface area contributed by atoms with E-state index in [-0.39, 0.29) is 6.04 Å². The van der Waals surface area contributed by atoms with Gasteiger partial charge in [-0.25, -0.2) is 0 Å². The zero-order chi connectivity index (χ0) is 11.4. The maximum absolute atomic E-state index is 4.12. The van der Waals surface area contributed by atoms with E-state index in [1.807, 2.05) is 26.2 Å². The monoisotopic (exact) mass is 234 g/mol. The highest BCUT2D eigenvalue weighted by atomic mass is 32.1. The average Bonchev–Trinajstić information content (AvgIpc) is 2.74. The summed E-state index contributed by atoms with van der Waals surface area (Å²) in [7, 11) is 1.96. The highest BCUT2D eigenvalue weighted by Gasteiger charge is 2.15. The minimum atomic E-state index is 0.268. The molecule has 4 nitrogen and oxygen atoms in total. The van der Waals surface area contributed by atoms with Gasteiger partial charge in [-0.1, -0.05) is 10.6 Å². The van der Waals surface area contributed by atoms with E-state index in [0.717, 1.165) is 12.1 Å². The zero-order valence-electron chi connectivity index (χ0n) is 9.34. The summed E-state index contributed by atoms with van der Waals surface area (Å²) in [6, 6.07) is 4.31. The fraction of sp³-hybridized carbons (Fsp3) is 0.364. The summed E-state index contributed by atoms with van der Waals surface area (Å²) in [5.41, 5.74) is 2.22. The molecule has 0 spiro atoms. The molecule has 0 saturated carbocycles. The molecule has 2 rings (SSSR count). The predicted octanol–water partition coefficient (Wildman–Crippen LogP) is 1.74. The van der Waals surface area contributed by atoms with E-state index in [4.69, 9.17) is 0 Å². The van der Waals surface area contributed by atoms with Gasteiger partial charge in [-0.2, -0.15) is 0 Å². The van der Waals surface area contributed by atoms with Crippen LogP contribution in [0.2, 0.25) is 0 Å². The van der Waals surface area contributed by atoms with Crippen molar-refractivity contribution < 1.29 is 0 Å². The molecular weight excluding hydrogens is 220 g/mol. The van der Waals surface area contributed by atoms with Crippen molar-refractivity contribution in [3.63, 3.8) is 0 Å². The minimum absolute atomic E-state index is 0.268. The smallest absolute Gasteiger partial charge is 0.0772 e. The Morgan fingerprint density at radius 1 is 1.50 bits per heavy atom. The standard InChI is InChI=1S/C11H14N4S/c1-8-11(16-15-14-8)10(12-2)6-9-4-3-5-13-7-9/h3-5,7,10,12H,6H2,1-2H3. The van der Waals surface area contributed by atoms with E-state index in [2.05, 4.69) is 26.0 Å². The molecule has 1 atom stereocenters. The van der Waals surface area contributed by atoms with Crippen LogP contribution in [0.3, 0.4) is 0 Å². The molecule has 2 aromatic heterocycles. The Morgan fingerprint density at radius 3 is 2.94 bits per heavy atom. The van der Waals surface area contributed by atoms with Crippen LogP contribution >= 0.6 is 11.5 Å². The first-order valence-electron chi connectivity index (χ1n) is 5.16. The number of aromatic nitrogens is 3. The first-order valence-corrected chi connectivity index (χ1v) is 5.93. The van der Waals surface area contributed by atoms with Crippen molar-refractivity contribution in [1.82, 2.24) is 19.9 Å². The number of hydrogen-bond acceptors (Lipinski definition) is 5. The topological polar surface area (TPSA) is 50.7 Å². The van der Waals surface area contributed by atoms with Gasteiger partial charge in [0.2, 0.25) is 0 Å². The van der Waals surface area contributed by atoms with E-state index < -0.39 is 0 Å². The quantitative estimate of drug-likeness (QED) is 0.875. The Hall–Kier alpha value is -1.33. The minimum Gasteiger partial charge on any atom is -0.312 e. The highest BCUT2D eigenvalue weighted by Crippen LogP contribution is 2.22. The summed E-state index contributed by atoms with van der Waals surface area (Å²) in [4.78, 5) is 5.32. The SMILES string of the molecule is CNC(Cc1cccnc1)c1snnc1C. The number of nitrogens with one attached hydrogen (secondary N) is 1. The molecule has 84 valence electrons. The molecule has 0 aliphatic rings. The van der Waals surface area contributed by atoms with Crippen LogP contribution in [0.25, 0.3) is 0 Å². The number of likely N-dealkylation sites (N-methyl/N-ethyl adjacent to an activating group) is 1. The van der Waals surface area contributed by atoms with E-state index >= 15 is 0 Å². The molecule has 0 amide bonds. The van der Waals surface area contributed by atoms with Crippen LogP contribution in [-0.2, 0) is 6.42 Å². The van der Waals surface area contributed by atoms with Crippen molar-refractivity contribution in [1.29, 1.82) is 0 Å². The second-order valence-electron chi connectivity index (χ2n) is 3.63. The summed E-state index contributed by atoms with van der Waals surface area (Å²) in [6.07, 6.45) is 4.60. The Morgan fingerprint density at radius 2 is 2.38 bits per heavy atom. The molecule has 2 heterocycles. The van der Waals surface area contributed by atoms with Crippen molar-refractivity contribution in [3.8, 4) is 0 Å². The van der Waals surface area contributed by atoms with E-state index in [1.165, 1.54) is 22.0 Å². The van der Waals surface area contributed by atoms with Gasteiger partial charge >= 0.3 is 0 Å². The molecule has 16 heavy (non-hydrogen) atoms. The number of aryl methyl sites for hydroxylation is 1. The van der Waals surface area contributed by atoms with Gasteiger partial charge in [0, 0.05) is 18.4 Å². The normalized spacial score (nSPS) is 12.6. The van der Waals surface area contributed by atoms with Crippen molar-refractivity contribution in [2.45, 2.75) is 19.4 Å². The van der Waals surface area contributed by atoms with Crippen LogP contribution in [0.15, 0.2) is 24.5 Å². The van der Waals surface area contributed by atoms with Crippen molar-refractivity contribution >= 4 is 11.5 Å². The first-order chi connectivity index (χ1) is 7.81. The van der Waals surface area contributed by atoms with Crippen LogP contribution in [0.4, 0.5) is 0 Å². The molecule has 0 fully saturated rings. The van der Waals surface area contributed by atoms with Gasteiger partial charge in [0.1, 0.15) is 0 Å². The van der Waals surface area contributed by atoms with Crippen LogP contribution in [0.1, 0.15) is 22.2 Å². The summed E-state index contributed by atoms with van der Waals surface area (Å²) in [5, 5.41) is 7.34. The Bertz CT molecular complexity index is 440. The van der Waals surface area contributed by atoms with Crippen LogP contribution in [0.5, 0.6) is 0 Å². The molecule has 2 aromatic rings. The Balaban J connectivity index is 2.16. The molecule has 0 aliphatic carbocycles. The lowest BCUT2D eigenvalue weighted by molar-refractivity contribution is 0.596. The third-order valence-corrected chi connectivity index (χ3v) is 3.45. The van der Waals surface area contributed by atoms with Gasteiger partial charge in [-0.05, 0) is 43.6 Å². The molecule has 1 unspecified atom stereocenters. The third-order valence-electron chi connectivity index (χ3n) is 2.51. The number of nitrogens with zero attached hydrogens (tertiary/aromatic N) is 3. The van der Waals surface area contributed by atoms with Gasteiger partial charge in [-0.3, -0.25) is 4.98 Å². The lowest BCUT2D eigenvalue weighted by Gasteiger charge is -2.14. The van der Waals surface area contributed by atoms with Gasteiger partial charge in [0.25, 0.3) is 0 Å². The third kappa shape index (κ3) is 2.43. The molecule has 0 bridgehead atoms. The van der Waals surface area contributed by atoms with Gasteiger partial charge in [-0.15, -0.1) is 5.10 Å². The maximum Gasteiger partial charge on any atom is 0.0772 e. The average molecular weight is 234 g/mol. The van der Waals surface area contributed by atoms with Crippen LogP contribution in [-0.4, -0.2) is 21.6 Å². The maximum atomic E-state index is 4.12. The molecule has 0 radical (unpaired) electrons. The molecular formula is C11H14N4S. The number of pyridine rings is 1. The Labute approximate surface area is 98.9 Å². The molecule has 0 aliphatic heterocycles. The fourth-order valence-corrected chi connectivity index (χ4v) is 2.39. The fourth-order valence-electron chi connectivity index (χ4n) is 1.64. The van der Waals surface area contributed by atoms with Crippen LogP contribution in [0, 0.1) is 6.92 Å².